The first-order valence-electron chi connectivity index (χ1n) is 13.7. The van der Waals surface area contributed by atoms with Crippen molar-refractivity contribution in [3.8, 4) is 0 Å². The molecule has 1 saturated carbocycles. The summed E-state index contributed by atoms with van der Waals surface area (Å²) >= 11 is 0. The van der Waals surface area contributed by atoms with Gasteiger partial charge in [-0.25, -0.2) is 9.37 Å². The molecule has 3 fully saturated rings. The second-order valence-corrected chi connectivity index (χ2v) is 11.3. The summed E-state index contributed by atoms with van der Waals surface area (Å²) in [6, 6.07) is 5.64. The van der Waals surface area contributed by atoms with E-state index in [4.69, 9.17) is 4.98 Å². The third kappa shape index (κ3) is 5.99. The van der Waals surface area contributed by atoms with E-state index in [1.54, 1.807) is 12.3 Å². The fourth-order valence-corrected chi connectivity index (χ4v) is 6.16. The van der Waals surface area contributed by atoms with Crippen LogP contribution in [0.5, 0.6) is 0 Å². The van der Waals surface area contributed by atoms with E-state index in [1.807, 2.05) is 22.4 Å². The molecule has 1 atom stereocenters. The van der Waals surface area contributed by atoms with Gasteiger partial charge >= 0.3 is 0 Å². The highest BCUT2D eigenvalue weighted by atomic mass is 28.2. The quantitative estimate of drug-likeness (QED) is 0.423. The number of carbonyl (C=O) groups excluding carboxylic acids is 2. The van der Waals surface area contributed by atoms with E-state index < -0.39 is 0 Å². The number of piperazine rings is 1. The summed E-state index contributed by atoms with van der Waals surface area (Å²) < 4.78 is 15.0. The van der Waals surface area contributed by atoms with Crippen LogP contribution in [0.25, 0.3) is 0 Å². The van der Waals surface area contributed by atoms with E-state index in [0.717, 1.165) is 63.8 Å². The fraction of sp³-hybridized carbons (Fsp3) is 0.556. The normalized spacial score (nSPS) is 20.0. The molecular weight excluding hydrogens is 501 g/mol. The number of halogens is 1. The van der Waals surface area contributed by atoms with Gasteiger partial charge in [0.05, 0.1) is 5.69 Å². The number of hydrogen-bond acceptors (Lipinski definition) is 7. The summed E-state index contributed by atoms with van der Waals surface area (Å²) in [6.45, 7) is 5.89. The van der Waals surface area contributed by atoms with Gasteiger partial charge in [0.25, 0.3) is 0 Å². The molecule has 1 aliphatic carbocycles. The van der Waals surface area contributed by atoms with Crippen molar-refractivity contribution in [1.29, 1.82) is 0 Å². The first-order valence-corrected chi connectivity index (χ1v) is 15.4. The minimum atomic E-state index is -0.298. The van der Waals surface area contributed by atoms with Crippen LogP contribution < -0.4 is 25.8 Å². The Balaban J connectivity index is 1.45. The van der Waals surface area contributed by atoms with Crippen molar-refractivity contribution >= 4 is 44.5 Å². The lowest BCUT2D eigenvalue weighted by molar-refractivity contribution is -0.122. The molecule has 2 amide bonds. The number of nitrogens with zero attached hydrogens (tertiary/aromatic N) is 4. The molecule has 3 N–H and O–H groups in total. The summed E-state index contributed by atoms with van der Waals surface area (Å²) in [5.74, 6) is 0.529. The Bertz CT molecular complexity index is 1150. The lowest BCUT2D eigenvalue weighted by Gasteiger charge is -2.30. The maximum Gasteiger partial charge on any atom is 0.229 e. The van der Waals surface area contributed by atoms with E-state index in [-0.39, 0.29) is 29.6 Å². The van der Waals surface area contributed by atoms with Crippen LogP contribution in [-0.2, 0) is 16.0 Å². The van der Waals surface area contributed by atoms with E-state index in [2.05, 4.69) is 20.9 Å². The van der Waals surface area contributed by atoms with Crippen molar-refractivity contribution in [2.45, 2.75) is 57.2 Å². The molecular formula is C27H36FN7O2Si. The Morgan fingerprint density at radius 3 is 2.68 bits per heavy atom. The average Bonchev–Trinajstić information content (AvgIpc) is 3.59. The molecule has 2 saturated heterocycles. The van der Waals surface area contributed by atoms with Crippen LogP contribution in [-0.4, -0.2) is 70.1 Å². The van der Waals surface area contributed by atoms with Gasteiger partial charge in [-0.15, -0.1) is 0 Å². The highest BCUT2D eigenvalue weighted by molar-refractivity contribution is 6.40. The van der Waals surface area contributed by atoms with Crippen LogP contribution in [0.2, 0.25) is 12.6 Å². The minimum Gasteiger partial charge on any atom is -0.367 e. The lowest BCUT2D eigenvalue weighted by atomic mass is 9.98. The number of aromatic nitrogens is 2. The zero-order chi connectivity index (χ0) is 26.5. The minimum absolute atomic E-state index is 0.0342. The van der Waals surface area contributed by atoms with Crippen LogP contribution in [0.15, 0.2) is 24.4 Å². The average molecular weight is 538 g/mol. The summed E-state index contributed by atoms with van der Waals surface area (Å²) in [4.78, 5) is 39.0. The second-order valence-electron chi connectivity index (χ2n) is 10.3. The Kier molecular flexibility index (Phi) is 8.53. The maximum atomic E-state index is 15.0. The second kappa shape index (κ2) is 12.2. The Morgan fingerprint density at radius 2 is 2.00 bits per heavy atom. The molecule has 2 aromatic rings. The zero-order valence-electron chi connectivity index (χ0n) is 21.9. The molecule has 5 rings (SSSR count). The van der Waals surface area contributed by atoms with Gasteiger partial charge in [0, 0.05) is 77.7 Å². The third-order valence-corrected chi connectivity index (χ3v) is 8.30. The number of benzene rings is 1. The molecule has 0 spiro atoms. The number of amides is 2. The summed E-state index contributed by atoms with van der Waals surface area (Å²) in [6.07, 6.45) is 7.01. The van der Waals surface area contributed by atoms with Crippen LogP contribution in [0.4, 0.5) is 27.5 Å². The van der Waals surface area contributed by atoms with E-state index in [0.29, 0.717) is 51.7 Å². The summed E-state index contributed by atoms with van der Waals surface area (Å²) in [5, 5.41) is 9.34. The van der Waals surface area contributed by atoms with Crippen molar-refractivity contribution in [1.82, 2.24) is 20.6 Å². The maximum absolute atomic E-state index is 15.0. The van der Waals surface area contributed by atoms with Gasteiger partial charge in [-0.3, -0.25) is 14.5 Å². The number of rotatable bonds is 9. The van der Waals surface area contributed by atoms with Crippen LogP contribution in [0, 0.1) is 11.7 Å². The summed E-state index contributed by atoms with van der Waals surface area (Å²) in [5.41, 5.74) is 1.93. The molecule has 11 heteroatoms. The van der Waals surface area contributed by atoms with E-state index in [9.17, 15) is 9.59 Å². The van der Waals surface area contributed by atoms with E-state index >= 15 is 4.39 Å². The van der Waals surface area contributed by atoms with Crippen molar-refractivity contribution in [3.05, 3.63) is 35.8 Å². The van der Waals surface area contributed by atoms with Gasteiger partial charge in [0.1, 0.15) is 11.6 Å². The Hall–Kier alpha value is -3.05. The molecule has 2 aliphatic heterocycles. The van der Waals surface area contributed by atoms with Gasteiger partial charge in [0.15, 0.2) is 0 Å². The largest absolute Gasteiger partial charge is 0.367 e. The number of carbonyl (C=O) groups is 2. The number of anilines is 4. The standard InChI is InChI=1S/C27H36FN7O2Si/c1-38-17-24(36)35(21-4-2-3-5-21)25-19(14-18-8-9-30-26(18)37)16-31-27(33-25)32-20-6-7-23(22(28)15-20)34-12-10-29-11-13-34/h6-7,15-16,18,21,29H,2-5,8-14,17H2,1H3,(H,30,37)(H,31,32,33)/t18-/m0/s1. The van der Waals surface area contributed by atoms with Gasteiger partial charge in [-0.1, -0.05) is 19.4 Å². The highest BCUT2D eigenvalue weighted by Gasteiger charge is 2.33. The Labute approximate surface area is 225 Å². The molecule has 1 aromatic heterocycles. The number of hydrogen-bond donors (Lipinski definition) is 3. The fourth-order valence-electron chi connectivity index (χ4n) is 5.69. The molecule has 2 radical (unpaired) electrons. The molecule has 9 nitrogen and oxygen atoms in total. The van der Waals surface area contributed by atoms with Crippen molar-refractivity contribution < 1.29 is 14.0 Å². The first kappa shape index (κ1) is 26.5. The van der Waals surface area contributed by atoms with Crippen molar-refractivity contribution in [2.24, 2.45) is 5.92 Å². The van der Waals surface area contributed by atoms with Crippen LogP contribution >= 0.6 is 0 Å². The predicted octanol–water partition coefficient (Wildman–Crippen LogP) is 2.89. The van der Waals surface area contributed by atoms with Crippen LogP contribution in [0.3, 0.4) is 0 Å². The lowest BCUT2D eigenvalue weighted by Crippen LogP contribution is -2.43. The van der Waals surface area contributed by atoms with Gasteiger partial charge in [-0.05, 0) is 43.9 Å². The first-order chi connectivity index (χ1) is 18.5. The topological polar surface area (TPSA) is 102 Å². The monoisotopic (exact) mass is 537 g/mol. The predicted molar refractivity (Wildman–Crippen MR) is 148 cm³/mol. The summed E-state index contributed by atoms with van der Waals surface area (Å²) in [7, 11) is 0.500. The molecule has 0 unspecified atom stereocenters. The third-order valence-electron chi connectivity index (χ3n) is 7.65. The van der Waals surface area contributed by atoms with Gasteiger partial charge in [0.2, 0.25) is 17.8 Å². The van der Waals surface area contributed by atoms with Crippen molar-refractivity contribution in [2.75, 3.05) is 47.8 Å². The van der Waals surface area contributed by atoms with E-state index in [1.165, 1.54) is 6.07 Å². The van der Waals surface area contributed by atoms with Gasteiger partial charge in [-0.2, -0.15) is 4.98 Å². The van der Waals surface area contributed by atoms with Crippen LogP contribution in [0.1, 0.15) is 37.7 Å². The Morgan fingerprint density at radius 1 is 1.21 bits per heavy atom. The molecule has 3 heterocycles. The molecule has 0 bridgehead atoms. The molecule has 38 heavy (non-hydrogen) atoms. The van der Waals surface area contributed by atoms with Crippen molar-refractivity contribution in [3.63, 3.8) is 0 Å². The molecule has 202 valence electrons. The highest BCUT2D eigenvalue weighted by Crippen LogP contribution is 2.33. The molecule has 3 aliphatic rings. The number of nitrogens with one attached hydrogen (secondary N) is 3. The SMILES string of the molecule is C[Si]CC(=O)N(c1nc(Nc2ccc(N3CCNCC3)c(F)c2)ncc1C[C@@H]1CCNC1=O)C1CCCC1. The molecule has 1 aromatic carbocycles. The zero-order valence-corrected chi connectivity index (χ0v) is 22.9. The smallest absolute Gasteiger partial charge is 0.229 e. The van der Waals surface area contributed by atoms with Gasteiger partial charge < -0.3 is 20.9 Å².